The number of guanidine groups is 1. The van der Waals surface area contributed by atoms with Gasteiger partial charge < -0.3 is 11.1 Å². The van der Waals surface area contributed by atoms with Crippen molar-refractivity contribution in [1.82, 2.24) is 0 Å². The van der Waals surface area contributed by atoms with Gasteiger partial charge >= 0.3 is 0 Å². The Labute approximate surface area is 168 Å². The maximum atomic E-state index is 6.50. The fourth-order valence-corrected chi connectivity index (χ4v) is 7.64. The van der Waals surface area contributed by atoms with Gasteiger partial charge in [-0.2, -0.15) is 0 Å². The summed E-state index contributed by atoms with van der Waals surface area (Å²) < 4.78 is 1.09. The smallest absolute Gasteiger partial charge is 0.193 e. The van der Waals surface area contributed by atoms with E-state index in [0.717, 1.165) is 40.8 Å². The van der Waals surface area contributed by atoms with Gasteiger partial charge in [-0.15, -0.1) is 0 Å². The number of nitrogens with one attached hydrogen (secondary N) is 1. The molecule has 2 aromatic carbocycles. The first-order chi connectivity index (χ1) is 13.1. The van der Waals surface area contributed by atoms with Crippen LogP contribution >= 0.6 is 15.9 Å². The minimum Gasteiger partial charge on any atom is -0.370 e. The van der Waals surface area contributed by atoms with E-state index in [2.05, 4.69) is 45.5 Å². The average molecular weight is 424 g/mol. The van der Waals surface area contributed by atoms with Crippen LogP contribution in [0.2, 0.25) is 0 Å². The number of aliphatic imine (C=N–C) groups is 1. The molecular weight excluding hydrogens is 398 g/mol. The van der Waals surface area contributed by atoms with E-state index in [1.165, 1.54) is 60.4 Å². The van der Waals surface area contributed by atoms with Gasteiger partial charge in [-0.25, -0.2) is 4.99 Å². The van der Waals surface area contributed by atoms with E-state index in [1.807, 2.05) is 0 Å². The van der Waals surface area contributed by atoms with Gasteiger partial charge in [0.2, 0.25) is 0 Å². The minimum absolute atomic E-state index is 0.112. The molecular formula is C23H26BrN3. The van der Waals surface area contributed by atoms with E-state index >= 15 is 0 Å². The molecule has 4 saturated carbocycles. The zero-order chi connectivity index (χ0) is 18.2. The van der Waals surface area contributed by atoms with Gasteiger partial charge in [0, 0.05) is 4.47 Å². The molecule has 0 saturated heterocycles. The lowest BCUT2D eigenvalue weighted by Gasteiger charge is -2.54. The van der Waals surface area contributed by atoms with Crippen molar-refractivity contribution in [3.63, 3.8) is 0 Å². The highest BCUT2D eigenvalue weighted by Crippen LogP contribution is 2.57. The van der Waals surface area contributed by atoms with Crippen molar-refractivity contribution < 1.29 is 0 Å². The topological polar surface area (TPSA) is 50.4 Å². The summed E-state index contributed by atoms with van der Waals surface area (Å²) in [6.45, 7) is 0. The van der Waals surface area contributed by atoms with Crippen LogP contribution in [0.25, 0.3) is 10.8 Å². The Hall–Kier alpha value is -1.55. The SMILES string of the molecule is NC(=NC12CC3CC(CC(C3)C1)C2)Nc1c(Br)cc2cccc3c2c1CC3. The minimum atomic E-state index is 0.112. The molecule has 0 aliphatic heterocycles. The molecule has 5 aliphatic carbocycles. The Morgan fingerprint density at radius 1 is 1.07 bits per heavy atom. The summed E-state index contributed by atoms with van der Waals surface area (Å²) in [7, 11) is 0. The van der Waals surface area contributed by atoms with Crippen LogP contribution in [-0.4, -0.2) is 11.5 Å². The van der Waals surface area contributed by atoms with Crippen molar-refractivity contribution in [3.05, 3.63) is 39.9 Å². The fourth-order valence-electron chi connectivity index (χ4n) is 7.05. The fraction of sp³-hybridized carbons (Fsp3) is 0.522. The first-order valence-electron chi connectivity index (χ1n) is 10.4. The zero-order valence-electron chi connectivity index (χ0n) is 15.6. The maximum Gasteiger partial charge on any atom is 0.193 e. The van der Waals surface area contributed by atoms with Crippen molar-refractivity contribution >= 4 is 38.3 Å². The number of rotatable bonds is 2. The Morgan fingerprint density at radius 2 is 1.78 bits per heavy atom. The Kier molecular flexibility index (Phi) is 3.48. The van der Waals surface area contributed by atoms with Crippen LogP contribution in [0.15, 0.2) is 33.7 Å². The van der Waals surface area contributed by atoms with Gasteiger partial charge in [0.05, 0.1) is 11.2 Å². The molecule has 7 rings (SSSR count). The summed E-state index contributed by atoms with van der Waals surface area (Å²) in [5.74, 6) is 3.28. The predicted molar refractivity (Wildman–Crippen MR) is 115 cm³/mol. The average Bonchev–Trinajstić information content (AvgIpc) is 3.02. The maximum absolute atomic E-state index is 6.50. The van der Waals surface area contributed by atoms with Crippen molar-refractivity contribution in [2.24, 2.45) is 28.5 Å². The summed E-state index contributed by atoms with van der Waals surface area (Å²) >= 11 is 3.78. The summed E-state index contributed by atoms with van der Waals surface area (Å²) in [4.78, 5) is 5.14. The van der Waals surface area contributed by atoms with E-state index in [9.17, 15) is 0 Å². The number of benzene rings is 2. The molecule has 0 aromatic heterocycles. The lowest BCUT2D eigenvalue weighted by atomic mass is 9.53. The summed E-state index contributed by atoms with van der Waals surface area (Å²) in [5.41, 5.74) is 10.6. The van der Waals surface area contributed by atoms with Crippen molar-refractivity contribution in [2.75, 3.05) is 5.32 Å². The molecule has 2 aromatic rings. The molecule has 0 atom stereocenters. The van der Waals surface area contributed by atoms with Gasteiger partial charge in [-0.3, -0.25) is 0 Å². The third kappa shape index (κ3) is 2.55. The molecule has 5 aliphatic rings. The first kappa shape index (κ1) is 16.4. The van der Waals surface area contributed by atoms with Crippen LogP contribution in [0.1, 0.15) is 49.7 Å². The van der Waals surface area contributed by atoms with Crippen LogP contribution in [0, 0.1) is 17.8 Å². The van der Waals surface area contributed by atoms with Crippen molar-refractivity contribution in [2.45, 2.75) is 56.9 Å². The van der Waals surface area contributed by atoms with Crippen LogP contribution in [0.5, 0.6) is 0 Å². The second-order valence-corrected chi connectivity index (χ2v) is 10.3. The number of aryl methyl sites for hydroxylation is 2. The molecule has 4 bridgehead atoms. The molecule has 4 fully saturated rings. The normalized spacial score (nSPS) is 33.8. The number of halogens is 1. The van der Waals surface area contributed by atoms with E-state index in [4.69, 9.17) is 10.7 Å². The molecule has 0 unspecified atom stereocenters. The Balaban J connectivity index is 1.36. The largest absolute Gasteiger partial charge is 0.370 e. The first-order valence-corrected chi connectivity index (χ1v) is 11.2. The quantitative estimate of drug-likeness (QED) is 0.501. The second kappa shape index (κ2) is 5.73. The van der Waals surface area contributed by atoms with Crippen LogP contribution in [0.3, 0.4) is 0 Å². The van der Waals surface area contributed by atoms with Crippen molar-refractivity contribution in [1.29, 1.82) is 0 Å². The number of hydrogen-bond acceptors (Lipinski definition) is 1. The van der Waals surface area contributed by atoms with Gasteiger partial charge in [-0.1, -0.05) is 18.2 Å². The highest BCUT2D eigenvalue weighted by atomic mass is 79.9. The molecule has 0 radical (unpaired) electrons. The number of hydrogen-bond donors (Lipinski definition) is 2. The molecule has 0 heterocycles. The van der Waals surface area contributed by atoms with E-state index in [0.29, 0.717) is 5.96 Å². The summed E-state index contributed by atoms with van der Waals surface area (Å²) in [6, 6.07) is 8.83. The second-order valence-electron chi connectivity index (χ2n) is 9.49. The van der Waals surface area contributed by atoms with Crippen LogP contribution < -0.4 is 11.1 Å². The lowest BCUT2D eigenvalue weighted by molar-refractivity contribution is 0.00163. The molecule has 0 spiro atoms. The third-order valence-corrected chi connectivity index (χ3v) is 8.19. The predicted octanol–water partition coefficient (Wildman–Crippen LogP) is 5.40. The molecule has 0 amide bonds. The van der Waals surface area contributed by atoms with Gasteiger partial charge in [0.25, 0.3) is 0 Å². The van der Waals surface area contributed by atoms with Gasteiger partial charge in [-0.05, 0) is 113 Å². The van der Waals surface area contributed by atoms with Crippen molar-refractivity contribution in [3.8, 4) is 0 Å². The molecule has 140 valence electrons. The number of nitrogens with two attached hydrogens (primary N) is 1. The molecule has 4 heteroatoms. The Morgan fingerprint density at radius 3 is 2.48 bits per heavy atom. The summed E-state index contributed by atoms with van der Waals surface area (Å²) in [5, 5.41) is 6.23. The lowest BCUT2D eigenvalue weighted by Crippen LogP contribution is -2.50. The third-order valence-electron chi connectivity index (χ3n) is 7.57. The summed E-state index contributed by atoms with van der Waals surface area (Å²) in [6.07, 6.45) is 10.2. The van der Waals surface area contributed by atoms with Gasteiger partial charge in [0.1, 0.15) is 0 Å². The monoisotopic (exact) mass is 423 g/mol. The molecule has 27 heavy (non-hydrogen) atoms. The van der Waals surface area contributed by atoms with E-state index in [-0.39, 0.29) is 5.54 Å². The standard InChI is InChI=1S/C23H26BrN3/c24-19-9-17-3-1-2-16-4-5-18(20(16)17)21(19)26-22(25)27-23-10-13-6-14(11-23)8-15(7-13)12-23/h1-3,9,13-15H,4-8,10-12H2,(H3,25,26,27). The highest BCUT2D eigenvalue weighted by molar-refractivity contribution is 9.10. The van der Waals surface area contributed by atoms with Crippen LogP contribution in [0.4, 0.5) is 5.69 Å². The molecule has 3 N–H and O–H groups in total. The van der Waals surface area contributed by atoms with E-state index in [1.54, 1.807) is 0 Å². The Bertz CT molecular complexity index is 942. The van der Waals surface area contributed by atoms with Crippen LogP contribution in [-0.2, 0) is 12.8 Å². The number of nitrogens with zero attached hydrogens (tertiary/aromatic N) is 1. The van der Waals surface area contributed by atoms with Gasteiger partial charge in [0.15, 0.2) is 5.96 Å². The van der Waals surface area contributed by atoms with E-state index < -0.39 is 0 Å². The highest BCUT2D eigenvalue weighted by Gasteiger charge is 2.51. The molecule has 3 nitrogen and oxygen atoms in total. The zero-order valence-corrected chi connectivity index (χ0v) is 17.2. The number of anilines is 1.